The first-order chi connectivity index (χ1) is 11.8. The van der Waals surface area contributed by atoms with Gasteiger partial charge in [0.1, 0.15) is 11.6 Å². The summed E-state index contributed by atoms with van der Waals surface area (Å²) in [6.45, 7) is 0. The van der Waals surface area contributed by atoms with Crippen molar-refractivity contribution >= 4 is 22.4 Å². The van der Waals surface area contributed by atoms with E-state index >= 15 is 0 Å². The highest BCUT2D eigenvalue weighted by Gasteiger charge is 2.09. The van der Waals surface area contributed by atoms with E-state index in [-0.39, 0.29) is 5.75 Å². The van der Waals surface area contributed by atoms with Gasteiger partial charge in [-0.2, -0.15) is 0 Å². The molecule has 0 unspecified atom stereocenters. The Morgan fingerprint density at radius 3 is 2.33 bits per heavy atom. The highest BCUT2D eigenvalue weighted by Crippen LogP contribution is 2.27. The normalized spacial score (nSPS) is 10.7. The summed E-state index contributed by atoms with van der Waals surface area (Å²) < 4.78 is 0. The van der Waals surface area contributed by atoms with Crippen LogP contribution in [-0.4, -0.2) is 20.1 Å². The number of hydrogen-bond acceptors (Lipinski definition) is 5. The Kier molecular flexibility index (Phi) is 3.51. The van der Waals surface area contributed by atoms with Crippen LogP contribution in [0.3, 0.4) is 0 Å². The van der Waals surface area contributed by atoms with Gasteiger partial charge in [0, 0.05) is 29.0 Å². The summed E-state index contributed by atoms with van der Waals surface area (Å²) in [7, 11) is 0. The SMILES string of the molecule is Oc1ccc(Nc2nc(-c3ccncc3)nc3ccccc23)cc1. The zero-order valence-corrected chi connectivity index (χ0v) is 12.7. The molecule has 0 aliphatic carbocycles. The molecule has 0 aliphatic rings. The quantitative estimate of drug-likeness (QED) is 0.556. The number of nitrogens with zero attached hydrogens (tertiary/aromatic N) is 3. The lowest BCUT2D eigenvalue weighted by atomic mass is 10.2. The summed E-state index contributed by atoms with van der Waals surface area (Å²) in [5.41, 5.74) is 2.61. The Hall–Kier alpha value is -3.47. The molecule has 116 valence electrons. The highest BCUT2D eigenvalue weighted by atomic mass is 16.3. The average Bonchev–Trinajstić information content (AvgIpc) is 2.64. The van der Waals surface area contributed by atoms with Gasteiger partial charge in [0.05, 0.1) is 5.52 Å². The van der Waals surface area contributed by atoms with Gasteiger partial charge in [-0.05, 0) is 48.5 Å². The van der Waals surface area contributed by atoms with E-state index in [9.17, 15) is 5.11 Å². The predicted molar refractivity (Wildman–Crippen MR) is 94.2 cm³/mol. The largest absolute Gasteiger partial charge is 0.508 e. The third-order valence-corrected chi connectivity index (χ3v) is 3.67. The number of phenols is 1. The number of phenolic OH excluding ortho intramolecular Hbond substituents is 1. The number of nitrogens with one attached hydrogen (secondary N) is 1. The van der Waals surface area contributed by atoms with E-state index in [1.54, 1.807) is 36.7 Å². The fourth-order valence-electron chi connectivity index (χ4n) is 2.48. The molecule has 0 fully saturated rings. The topological polar surface area (TPSA) is 70.9 Å². The number of hydrogen-bond donors (Lipinski definition) is 2. The number of aromatic nitrogens is 3. The molecule has 0 bridgehead atoms. The van der Waals surface area contributed by atoms with Crippen molar-refractivity contribution < 1.29 is 5.11 Å². The second kappa shape index (κ2) is 5.96. The van der Waals surface area contributed by atoms with Gasteiger partial charge in [0.2, 0.25) is 0 Å². The number of rotatable bonds is 3. The predicted octanol–water partition coefficient (Wildman–Crippen LogP) is 4.14. The van der Waals surface area contributed by atoms with E-state index in [4.69, 9.17) is 0 Å². The van der Waals surface area contributed by atoms with Gasteiger partial charge in [-0.15, -0.1) is 0 Å². The summed E-state index contributed by atoms with van der Waals surface area (Å²) in [5.74, 6) is 1.58. The van der Waals surface area contributed by atoms with Crippen LogP contribution in [-0.2, 0) is 0 Å². The van der Waals surface area contributed by atoms with Crippen LogP contribution in [0.1, 0.15) is 0 Å². The Bertz CT molecular complexity index is 985. The highest BCUT2D eigenvalue weighted by molar-refractivity contribution is 5.92. The zero-order valence-electron chi connectivity index (χ0n) is 12.7. The first-order valence-corrected chi connectivity index (χ1v) is 7.53. The molecule has 2 N–H and O–H groups in total. The molecule has 0 aliphatic heterocycles. The van der Waals surface area contributed by atoms with Crippen LogP contribution in [0.4, 0.5) is 11.5 Å². The summed E-state index contributed by atoms with van der Waals surface area (Å²) >= 11 is 0. The molecule has 0 amide bonds. The number of pyridine rings is 1. The van der Waals surface area contributed by atoms with Gasteiger partial charge in [-0.3, -0.25) is 4.98 Å². The molecule has 0 saturated carbocycles. The molecule has 0 radical (unpaired) electrons. The molecule has 2 heterocycles. The van der Waals surface area contributed by atoms with E-state index in [0.29, 0.717) is 5.82 Å². The van der Waals surface area contributed by atoms with Crippen LogP contribution in [0, 0.1) is 0 Å². The van der Waals surface area contributed by atoms with E-state index in [2.05, 4.69) is 20.3 Å². The molecule has 0 saturated heterocycles. The van der Waals surface area contributed by atoms with Crippen molar-refractivity contribution in [3.8, 4) is 17.1 Å². The van der Waals surface area contributed by atoms with Gasteiger partial charge in [-0.25, -0.2) is 9.97 Å². The fourth-order valence-corrected chi connectivity index (χ4v) is 2.48. The van der Waals surface area contributed by atoms with Crippen LogP contribution in [0.25, 0.3) is 22.3 Å². The minimum Gasteiger partial charge on any atom is -0.508 e. The van der Waals surface area contributed by atoms with Crippen LogP contribution >= 0.6 is 0 Å². The second-order valence-corrected chi connectivity index (χ2v) is 5.32. The fraction of sp³-hybridized carbons (Fsp3) is 0. The van der Waals surface area contributed by atoms with Crippen molar-refractivity contribution in [3.63, 3.8) is 0 Å². The summed E-state index contributed by atoms with van der Waals surface area (Å²) in [6.07, 6.45) is 3.45. The first-order valence-electron chi connectivity index (χ1n) is 7.53. The maximum atomic E-state index is 9.43. The van der Waals surface area contributed by atoms with Crippen molar-refractivity contribution in [2.24, 2.45) is 0 Å². The second-order valence-electron chi connectivity index (χ2n) is 5.32. The third kappa shape index (κ3) is 2.75. The Morgan fingerprint density at radius 1 is 0.792 bits per heavy atom. The molecule has 0 spiro atoms. The van der Waals surface area contributed by atoms with Crippen molar-refractivity contribution in [1.82, 2.24) is 15.0 Å². The van der Waals surface area contributed by atoms with Gasteiger partial charge in [0.25, 0.3) is 0 Å². The first kappa shape index (κ1) is 14.1. The number of aromatic hydroxyl groups is 1. The Balaban J connectivity index is 1.85. The van der Waals surface area contributed by atoms with E-state index < -0.39 is 0 Å². The Labute approximate surface area is 138 Å². The molecular formula is C19H14N4O. The van der Waals surface area contributed by atoms with E-state index in [1.807, 2.05) is 36.4 Å². The standard InChI is InChI=1S/C19H14N4O/c24-15-7-5-14(6-8-15)21-19-16-3-1-2-4-17(16)22-18(23-19)13-9-11-20-12-10-13/h1-12,24H,(H,21,22,23). The van der Waals surface area contributed by atoms with Crippen molar-refractivity contribution in [2.75, 3.05) is 5.32 Å². The lowest BCUT2D eigenvalue weighted by molar-refractivity contribution is 0.475. The van der Waals surface area contributed by atoms with Gasteiger partial charge in [-0.1, -0.05) is 12.1 Å². The third-order valence-electron chi connectivity index (χ3n) is 3.67. The smallest absolute Gasteiger partial charge is 0.162 e. The van der Waals surface area contributed by atoms with Crippen LogP contribution in [0.2, 0.25) is 0 Å². The monoisotopic (exact) mass is 314 g/mol. The van der Waals surface area contributed by atoms with Gasteiger partial charge >= 0.3 is 0 Å². The van der Waals surface area contributed by atoms with Gasteiger partial charge in [0.15, 0.2) is 5.82 Å². The van der Waals surface area contributed by atoms with Crippen LogP contribution in [0.5, 0.6) is 5.75 Å². The zero-order chi connectivity index (χ0) is 16.4. The van der Waals surface area contributed by atoms with Crippen LogP contribution < -0.4 is 5.32 Å². The lowest BCUT2D eigenvalue weighted by Crippen LogP contribution is -1.99. The molecule has 24 heavy (non-hydrogen) atoms. The molecule has 2 aromatic carbocycles. The molecule has 4 rings (SSSR count). The number of para-hydroxylation sites is 1. The lowest BCUT2D eigenvalue weighted by Gasteiger charge is -2.11. The van der Waals surface area contributed by atoms with Crippen molar-refractivity contribution in [3.05, 3.63) is 73.1 Å². The molecule has 4 aromatic rings. The number of anilines is 2. The summed E-state index contributed by atoms with van der Waals surface area (Å²) in [4.78, 5) is 13.4. The van der Waals surface area contributed by atoms with E-state index in [0.717, 1.165) is 28.0 Å². The van der Waals surface area contributed by atoms with Gasteiger partial charge < -0.3 is 10.4 Å². The van der Waals surface area contributed by atoms with Crippen molar-refractivity contribution in [1.29, 1.82) is 0 Å². The Morgan fingerprint density at radius 2 is 1.54 bits per heavy atom. The summed E-state index contributed by atoms with van der Waals surface area (Å²) in [6, 6.07) is 18.5. The minimum absolute atomic E-state index is 0.227. The molecule has 2 aromatic heterocycles. The molecule has 5 nitrogen and oxygen atoms in total. The minimum atomic E-state index is 0.227. The maximum absolute atomic E-state index is 9.43. The number of benzene rings is 2. The molecule has 0 atom stereocenters. The van der Waals surface area contributed by atoms with Crippen LogP contribution in [0.15, 0.2) is 73.1 Å². The van der Waals surface area contributed by atoms with Crippen molar-refractivity contribution in [2.45, 2.75) is 0 Å². The molecular weight excluding hydrogens is 300 g/mol. The summed E-state index contributed by atoms with van der Waals surface area (Å²) in [5, 5.41) is 13.7. The maximum Gasteiger partial charge on any atom is 0.162 e. The number of fused-ring (bicyclic) bond motifs is 1. The molecule has 5 heteroatoms. The van der Waals surface area contributed by atoms with E-state index in [1.165, 1.54) is 0 Å². The average molecular weight is 314 g/mol.